The second-order valence-electron chi connectivity index (χ2n) is 7.08. The van der Waals surface area contributed by atoms with Gasteiger partial charge >= 0.3 is 12.1 Å². The van der Waals surface area contributed by atoms with Crippen LogP contribution in [0.2, 0.25) is 0 Å². The molecule has 174 valence electrons. The number of benzene rings is 1. The first kappa shape index (κ1) is 24.4. The number of hydrogen-bond donors (Lipinski definition) is 5. The number of nitrogens with zero attached hydrogens (tertiary/aromatic N) is 2. The van der Waals surface area contributed by atoms with E-state index in [1.165, 1.54) is 0 Å². The molecule has 12 heteroatoms. The number of ether oxygens (including phenoxy) is 1. The molecular formula is C20H28N6O6. The summed E-state index contributed by atoms with van der Waals surface area (Å²) < 4.78 is 5.01. The molecular weight excluding hydrogens is 420 g/mol. The van der Waals surface area contributed by atoms with E-state index in [-0.39, 0.29) is 30.9 Å². The van der Waals surface area contributed by atoms with Crippen LogP contribution < -0.4 is 22.1 Å². The van der Waals surface area contributed by atoms with Crippen molar-refractivity contribution in [2.45, 2.75) is 44.4 Å². The Morgan fingerprint density at radius 1 is 1.25 bits per heavy atom. The zero-order valence-electron chi connectivity index (χ0n) is 17.5. The number of aliphatic imine (C=N–C) groups is 1. The lowest BCUT2D eigenvalue weighted by atomic mass is 10.1. The standard InChI is InChI=1S/C20H28N6O6/c21-19(22)23-9-5-4-8-14-10-15(26-32-14)17(27)24-11-16(18(28)29)25-20(30)31-12-13-6-2-1-3-7-13/h1-3,6-7,14,16H,4-5,8-12H2,(H,24,27)(H,25,30)(H,28,29)(H4,21,22,23)/t14?,16-/m0/s1. The van der Waals surface area contributed by atoms with Crippen molar-refractivity contribution in [2.24, 2.45) is 21.6 Å². The van der Waals surface area contributed by atoms with Gasteiger partial charge in [-0.25, -0.2) is 9.59 Å². The number of guanidine groups is 1. The van der Waals surface area contributed by atoms with E-state index in [4.69, 9.17) is 21.0 Å². The lowest BCUT2D eigenvalue weighted by molar-refractivity contribution is -0.139. The fourth-order valence-electron chi connectivity index (χ4n) is 2.81. The summed E-state index contributed by atoms with van der Waals surface area (Å²) in [6.07, 6.45) is 1.40. The second-order valence-corrected chi connectivity index (χ2v) is 7.08. The van der Waals surface area contributed by atoms with Gasteiger partial charge in [0.25, 0.3) is 5.91 Å². The van der Waals surface area contributed by atoms with E-state index < -0.39 is 24.0 Å². The van der Waals surface area contributed by atoms with Crippen molar-refractivity contribution in [1.82, 2.24) is 10.6 Å². The Balaban J connectivity index is 1.69. The van der Waals surface area contributed by atoms with Crippen LogP contribution in [0.15, 0.2) is 40.5 Å². The molecule has 1 aliphatic heterocycles. The summed E-state index contributed by atoms with van der Waals surface area (Å²) in [5, 5.41) is 17.7. The van der Waals surface area contributed by atoms with Crippen molar-refractivity contribution in [3.05, 3.63) is 35.9 Å². The number of amides is 2. The fraction of sp³-hybridized carbons (Fsp3) is 0.450. The molecule has 12 nitrogen and oxygen atoms in total. The highest BCUT2D eigenvalue weighted by molar-refractivity contribution is 6.39. The number of alkyl carbamates (subject to hydrolysis) is 1. The minimum atomic E-state index is -1.36. The molecule has 1 aromatic rings. The van der Waals surface area contributed by atoms with E-state index >= 15 is 0 Å². The van der Waals surface area contributed by atoms with Crippen LogP contribution in [0.5, 0.6) is 0 Å². The molecule has 1 unspecified atom stereocenters. The number of nitrogens with two attached hydrogens (primary N) is 2. The Kier molecular flexibility index (Phi) is 9.75. The smallest absolute Gasteiger partial charge is 0.408 e. The number of carbonyl (C=O) groups excluding carboxylic acids is 2. The Hall–Kier alpha value is -3.83. The molecule has 0 bridgehead atoms. The summed E-state index contributed by atoms with van der Waals surface area (Å²) in [5.74, 6) is -1.83. The molecule has 2 rings (SSSR count). The third kappa shape index (κ3) is 8.90. The number of hydrogen-bond acceptors (Lipinski definition) is 7. The summed E-state index contributed by atoms with van der Waals surface area (Å²) in [5.41, 5.74) is 11.4. The zero-order chi connectivity index (χ0) is 23.3. The summed E-state index contributed by atoms with van der Waals surface area (Å²) in [6, 6.07) is 7.58. The highest BCUT2D eigenvalue weighted by Crippen LogP contribution is 2.16. The molecule has 0 spiro atoms. The largest absolute Gasteiger partial charge is 0.480 e. The molecule has 0 saturated carbocycles. The monoisotopic (exact) mass is 448 g/mol. The molecule has 7 N–H and O–H groups in total. The molecule has 1 aliphatic rings. The van der Waals surface area contributed by atoms with Gasteiger partial charge in [-0.3, -0.25) is 9.79 Å². The van der Waals surface area contributed by atoms with Crippen LogP contribution in [0, 0.1) is 0 Å². The van der Waals surface area contributed by atoms with Gasteiger partial charge in [0.05, 0.1) is 0 Å². The van der Waals surface area contributed by atoms with Crippen molar-refractivity contribution >= 4 is 29.6 Å². The van der Waals surface area contributed by atoms with E-state index in [1.54, 1.807) is 24.3 Å². The van der Waals surface area contributed by atoms with Crippen LogP contribution >= 0.6 is 0 Å². The predicted octanol–water partition coefficient (Wildman–Crippen LogP) is 0.0708. The first-order chi connectivity index (χ1) is 15.3. The number of rotatable bonds is 12. The van der Waals surface area contributed by atoms with Crippen molar-refractivity contribution < 1.29 is 29.1 Å². The normalized spacial score (nSPS) is 15.6. The Bertz CT molecular complexity index is 840. The number of oxime groups is 1. The summed E-state index contributed by atoms with van der Waals surface area (Å²) >= 11 is 0. The third-order valence-corrected chi connectivity index (χ3v) is 4.49. The number of unbranched alkanes of at least 4 members (excludes halogenated alkanes) is 1. The highest BCUT2D eigenvalue weighted by atomic mass is 16.6. The van der Waals surface area contributed by atoms with Gasteiger partial charge in [0.15, 0.2) is 5.96 Å². The van der Waals surface area contributed by atoms with Crippen molar-refractivity contribution in [3.8, 4) is 0 Å². The van der Waals surface area contributed by atoms with Gasteiger partial charge in [-0.2, -0.15) is 0 Å². The molecule has 0 radical (unpaired) electrons. The Labute approximate surface area is 185 Å². The maximum Gasteiger partial charge on any atom is 0.408 e. The maximum atomic E-state index is 12.3. The van der Waals surface area contributed by atoms with Gasteiger partial charge in [0.2, 0.25) is 0 Å². The lowest BCUT2D eigenvalue weighted by Gasteiger charge is -2.15. The first-order valence-electron chi connectivity index (χ1n) is 10.1. The molecule has 2 atom stereocenters. The quantitative estimate of drug-likeness (QED) is 0.168. The van der Waals surface area contributed by atoms with Gasteiger partial charge in [-0.05, 0) is 24.8 Å². The Morgan fingerprint density at radius 2 is 2.00 bits per heavy atom. The second kappa shape index (κ2) is 12.8. The topological polar surface area (TPSA) is 191 Å². The Morgan fingerprint density at radius 3 is 2.69 bits per heavy atom. The number of nitrogens with one attached hydrogen (secondary N) is 2. The minimum Gasteiger partial charge on any atom is -0.480 e. The summed E-state index contributed by atoms with van der Waals surface area (Å²) in [7, 11) is 0. The molecule has 2 amide bonds. The number of aliphatic carboxylic acids is 1. The number of carboxylic acids is 1. The number of carboxylic acid groups (broad SMARTS) is 1. The predicted molar refractivity (Wildman–Crippen MR) is 116 cm³/mol. The highest BCUT2D eigenvalue weighted by Gasteiger charge is 2.27. The summed E-state index contributed by atoms with van der Waals surface area (Å²) in [6.45, 7) is 0.171. The molecule has 32 heavy (non-hydrogen) atoms. The van der Waals surface area contributed by atoms with Crippen LogP contribution in [0.25, 0.3) is 0 Å². The third-order valence-electron chi connectivity index (χ3n) is 4.49. The number of carbonyl (C=O) groups is 3. The van der Waals surface area contributed by atoms with Gasteiger partial charge in [0.1, 0.15) is 24.5 Å². The molecule has 0 saturated heterocycles. The molecule has 1 aromatic carbocycles. The van der Waals surface area contributed by atoms with Gasteiger partial charge in [0, 0.05) is 19.5 Å². The molecule has 0 fully saturated rings. The van der Waals surface area contributed by atoms with Crippen LogP contribution in [0.3, 0.4) is 0 Å². The maximum absolute atomic E-state index is 12.3. The fourth-order valence-corrected chi connectivity index (χ4v) is 2.81. The van der Waals surface area contributed by atoms with Crippen LogP contribution in [0.4, 0.5) is 4.79 Å². The van der Waals surface area contributed by atoms with E-state index in [0.717, 1.165) is 18.4 Å². The zero-order valence-corrected chi connectivity index (χ0v) is 17.5. The van der Waals surface area contributed by atoms with Crippen molar-refractivity contribution in [1.29, 1.82) is 0 Å². The van der Waals surface area contributed by atoms with Crippen LogP contribution in [-0.2, 0) is 25.8 Å². The average molecular weight is 448 g/mol. The van der Waals surface area contributed by atoms with E-state index in [0.29, 0.717) is 19.4 Å². The molecule has 1 heterocycles. The average Bonchev–Trinajstić information content (AvgIpc) is 3.24. The van der Waals surface area contributed by atoms with Gasteiger partial charge < -0.3 is 36.8 Å². The summed E-state index contributed by atoms with van der Waals surface area (Å²) in [4.78, 5) is 44.7. The van der Waals surface area contributed by atoms with E-state index in [9.17, 15) is 19.5 Å². The van der Waals surface area contributed by atoms with Crippen LogP contribution in [-0.4, -0.2) is 60.0 Å². The van der Waals surface area contributed by atoms with Gasteiger partial charge in [-0.15, -0.1) is 0 Å². The van der Waals surface area contributed by atoms with Crippen molar-refractivity contribution in [3.63, 3.8) is 0 Å². The molecule has 0 aromatic heterocycles. The van der Waals surface area contributed by atoms with E-state index in [1.807, 2.05) is 6.07 Å². The van der Waals surface area contributed by atoms with Crippen molar-refractivity contribution in [2.75, 3.05) is 13.1 Å². The van der Waals surface area contributed by atoms with Crippen LogP contribution in [0.1, 0.15) is 31.2 Å². The first-order valence-corrected chi connectivity index (χ1v) is 10.1. The lowest BCUT2D eigenvalue weighted by Crippen LogP contribution is -2.49. The van der Waals surface area contributed by atoms with Gasteiger partial charge in [-0.1, -0.05) is 35.5 Å². The SMILES string of the molecule is NC(N)=NCCCCC1CC(C(=O)NC[C@H](NC(=O)OCc2ccccc2)C(=O)O)=NO1. The molecule has 0 aliphatic carbocycles. The minimum absolute atomic E-state index is 0.00708. The van der Waals surface area contributed by atoms with E-state index in [2.05, 4.69) is 20.8 Å².